The van der Waals surface area contributed by atoms with Gasteiger partial charge in [-0.1, -0.05) is 47.5 Å². The molecular weight excluding hydrogens is 1040 g/mol. The molecule has 9 amide bonds. The van der Waals surface area contributed by atoms with Gasteiger partial charge in [0.15, 0.2) is 11.9 Å². The van der Waals surface area contributed by atoms with E-state index < -0.39 is 156 Å². The summed E-state index contributed by atoms with van der Waals surface area (Å²) in [6.45, 7) is 10.2. The number of aliphatic imine (C=N–C) groups is 2. The maximum atomic E-state index is 14.6. The minimum Gasteiger partial charge on any atom is -0.481 e. The van der Waals surface area contributed by atoms with Crippen LogP contribution in [-0.2, 0) is 52.7 Å². The average Bonchev–Trinajstić information content (AvgIpc) is 3.89. The van der Waals surface area contributed by atoms with Crippen LogP contribution in [0.15, 0.2) is 9.98 Å². The van der Waals surface area contributed by atoms with Crippen molar-refractivity contribution in [3.8, 4) is 0 Å². The predicted octanol–water partition coefficient (Wildman–Crippen LogP) is -5.87. The topological polar surface area (TPSA) is 523 Å². The van der Waals surface area contributed by atoms with Gasteiger partial charge in [0.05, 0.1) is 18.8 Å². The van der Waals surface area contributed by atoms with Crippen LogP contribution in [0.5, 0.6) is 0 Å². The zero-order chi connectivity index (χ0) is 60.3. The molecule has 0 aromatic carbocycles. The summed E-state index contributed by atoms with van der Waals surface area (Å²) in [4.78, 5) is 156. The SMILES string of the molecule is CC[C@H](NC(=O)[C@H](CCCN=C(N)N)NC(=O)[C@@H](NC(=O)[C@@H](NC(=O)[C@@H]1CCCN1C(=O)[C@@H](NC(=O)[C@@H](NC(=O)[C@H](CCCN=C(N)N)NC(=O)[C@H](CCC(=O)O)NC(=O)CN)[C@@H](C)O)[C@@H](C)CC)[C@@H](C)CC)[C@@H](C)O)C(=O)O. The minimum atomic E-state index is -1.76. The summed E-state index contributed by atoms with van der Waals surface area (Å²) in [6.07, 6.45) is -3.07. The van der Waals surface area contributed by atoms with E-state index >= 15 is 0 Å². The van der Waals surface area contributed by atoms with Crippen LogP contribution in [-0.4, -0.2) is 195 Å². The molecule has 1 aliphatic heterocycles. The molecule has 1 fully saturated rings. The van der Waals surface area contributed by atoms with Crippen molar-refractivity contribution >= 4 is 77.0 Å². The fourth-order valence-corrected chi connectivity index (χ4v) is 8.15. The lowest BCUT2D eigenvalue weighted by Crippen LogP contribution is -2.63. The number of carbonyl (C=O) groups is 11. The van der Waals surface area contributed by atoms with Crippen LogP contribution < -0.4 is 71.2 Å². The Bertz CT molecular complexity index is 2160. The molecule has 0 saturated carbocycles. The smallest absolute Gasteiger partial charge is 0.326 e. The molecule has 0 spiro atoms. The van der Waals surface area contributed by atoms with Crippen molar-refractivity contribution in [2.24, 2.45) is 50.5 Å². The quantitative estimate of drug-likeness (QED) is 0.0158. The number of aliphatic hydroxyl groups is 2. The van der Waals surface area contributed by atoms with E-state index in [0.29, 0.717) is 19.3 Å². The Morgan fingerprint density at radius 3 is 1.41 bits per heavy atom. The third-order valence-corrected chi connectivity index (χ3v) is 13.2. The van der Waals surface area contributed by atoms with Crippen molar-refractivity contribution in [1.29, 1.82) is 0 Å². The van der Waals surface area contributed by atoms with Crippen molar-refractivity contribution in [2.45, 2.75) is 186 Å². The lowest BCUT2D eigenvalue weighted by Gasteiger charge is -2.34. The Labute approximate surface area is 458 Å². The summed E-state index contributed by atoms with van der Waals surface area (Å²) in [7, 11) is 0. The van der Waals surface area contributed by atoms with Gasteiger partial charge in [0.25, 0.3) is 0 Å². The maximum absolute atomic E-state index is 14.6. The van der Waals surface area contributed by atoms with Crippen LogP contribution in [0.4, 0.5) is 0 Å². The number of amides is 9. The van der Waals surface area contributed by atoms with Crippen LogP contribution in [0.25, 0.3) is 0 Å². The summed E-state index contributed by atoms with van der Waals surface area (Å²) >= 11 is 0. The molecule has 0 radical (unpaired) electrons. The van der Waals surface area contributed by atoms with E-state index in [0.717, 1.165) is 0 Å². The number of nitrogens with two attached hydrogens (primary N) is 5. The maximum Gasteiger partial charge on any atom is 0.326 e. The van der Waals surface area contributed by atoms with E-state index in [-0.39, 0.29) is 76.5 Å². The van der Waals surface area contributed by atoms with Gasteiger partial charge in [0, 0.05) is 26.1 Å². The number of likely N-dealkylation sites (tertiary alicyclic amines) is 1. The van der Waals surface area contributed by atoms with Crippen LogP contribution in [0.3, 0.4) is 0 Å². The van der Waals surface area contributed by atoms with E-state index in [1.807, 2.05) is 0 Å². The summed E-state index contributed by atoms with van der Waals surface area (Å²) in [5, 5.41) is 60.2. The lowest BCUT2D eigenvalue weighted by atomic mass is 9.95. The second-order valence-corrected chi connectivity index (χ2v) is 19.5. The normalized spacial score (nSPS) is 17.5. The van der Waals surface area contributed by atoms with Crippen molar-refractivity contribution < 1.29 is 73.2 Å². The van der Waals surface area contributed by atoms with Crippen LogP contribution in [0.2, 0.25) is 0 Å². The number of carboxylic acid groups (broad SMARTS) is 2. The fraction of sp³-hybridized carbons (Fsp3) is 0.729. The molecule has 1 aliphatic rings. The number of guanidine groups is 2. The predicted molar refractivity (Wildman–Crippen MR) is 286 cm³/mol. The minimum absolute atomic E-state index is 0.0101. The van der Waals surface area contributed by atoms with Gasteiger partial charge in [-0.3, -0.25) is 57.9 Å². The standard InChI is InChI=1S/C48H86N16O15/c1-8-23(4)34(42(74)63-36(25(6)65)43(75)59-28(14-11-19-54-47(50)51)38(70)57-27(10-3)46(78)79)60-41(73)31-16-13-21-64(31)45(77)35(24(5)9-2)61-44(76)37(26(7)66)62-40(72)29(15-12-20-55-48(52)53)58-39(71)30(17-18-33(68)69)56-32(67)22-49/h23-31,34-37,65-66H,8-22,49H2,1-7H3,(H,56,67)(H,57,70)(H,58,71)(H,59,75)(H,60,73)(H,61,76)(H,62,72)(H,63,74)(H,68,69)(H,78,79)(H4,50,51,54)(H4,52,53,55)/t23-,24-,25+,26+,27-,28-,29-,30-,31-,34-,35-,36-,37-/m0/s1. The molecule has 31 heteroatoms. The van der Waals surface area contributed by atoms with Gasteiger partial charge in [0.2, 0.25) is 53.2 Å². The Morgan fingerprint density at radius 2 is 0.962 bits per heavy atom. The second-order valence-electron chi connectivity index (χ2n) is 19.5. The first-order valence-corrected chi connectivity index (χ1v) is 26.4. The molecule has 0 aromatic rings. The van der Waals surface area contributed by atoms with E-state index in [9.17, 15) is 73.2 Å². The van der Waals surface area contributed by atoms with Gasteiger partial charge < -0.3 is 96.5 Å². The Hall–Kier alpha value is -7.41. The van der Waals surface area contributed by atoms with Gasteiger partial charge in [-0.05, 0) is 77.0 Å². The van der Waals surface area contributed by atoms with Gasteiger partial charge in [-0.25, -0.2) is 4.79 Å². The summed E-state index contributed by atoms with van der Waals surface area (Å²) in [5.74, 6) is -12.4. The largest absolute Gasteiger partial charge is 0.481 e. The molecule has 79 heavy (non-hydrogen) atoms. The van der Waals surface area contributed by atoms with E-state index in [2.05, 4.69) is 52.5 Å². The zero-order valence-corrected chi connectivity index (χ0v) is 46.1. The van der Waals surface area contributed by atoms with E-state index in [1.165, 1.54) is 25.7 Å². The van der Waals surface area contributed by atoms with Gasteiger partial charge in [0.1, 0.15) is 54.4 Å². The van der Waals surface area contributed by atoms with Crippen LogP contribution in [0, 0.1) is 11.8 Å². The number of nitrogens with zero attached hydrogens (tertiary/aromatic N) is 3. The number of rotatable bonds is 36. The molecule has 1 saturated heterocycles. The Kier molecular flexibility index (Phi) is 31.0. The van der Waals surface area contributed by atoms with Gasteiger partial charge in [-0.2, -0.15) is 0 Å². The Balaban J connectivity index is 3.47. The highest BCUT2D eigenvalue weighted by Gasteiger charge is 2.43. The van der Waals surface area contributed by atoms with Crippen molar-refractivity contribution in [3.63, 3.8) is 0 Å². The fourth-order valence-electron chi connectivity index (χ4n) is 8.15. The number of aliphatic hydroxyl groups excluding tert-OH is 2. The highest BCUT2D eigenvalue weighted by Crippen LogP contribution is 2.23. The van der Waals surface area contributed by atoms with Crippen molar-refractivity contribution in [3.05, 3.63) is 0 Å². The molecule has 0 aromatic heterocycles. The number of hydrogen-bond donors (Lipinski definition) is 17. The zero-order valence-electron chi connectivity index (χ0n) is 46.1. The van der Waals surface area contributed by atoms with Gasteiger partial charge in [-0.15, -0.1) is 0 Å². The first-order valence-electron chi connectivity index (χ1n) is 26.4. The molecule has 1 heterocycles. The highest BCUT2D eigenvalue weighted by atomic mass is 16.4. The number of nitrogens with one attached hydrogen (secondary N) is 8. The number of aliphatic carboxylic acids is 2. The second kappa shape index (κ2) is 35.2. The molecule has 22 N–H and O–H groups in total. The van der Waals surface area contributed by atoms with E-state index in [1.54, 1.807) is 27.7 Å². The Morgan fingerprint density at radius 1 is 0.544 bits per heavy atom. The molecule has 13 atom stereocenters. The first-order chi connectivity index (χ1) is 37.0. The highest BCUT2D eigenvalue weighted by molar-refractivity contribution is 5.99. The summed E-state index contributed by atoms with van der Waals surface area (Å²) in [5.41, 5.74) is 27.0. The molecule has 0 bridgehead atoms. The average molecular weight is 1130 g/mol. The van der Waals surface area contributed by atoms with Gasteiger partial charge >= 0.3 is 11.9 Å². The molecule has 31 nitrogen and oxygen atoms in total. The monoisotopic (exact) mass is 1130 g/mol. The number of hydrogen-bond acceptors (Lipinski definition) is 16. The first kappa shape index (κ1) is 69.6. The lowest BCUT2D eigenvalue weighted by molar-refractivity contribution is -0.144. The molecule has 0 aliphatic carbocycles. The van der Waals surface area contributed by atoms with Crippen LogP contribution >= 0.6 is 0 Å². The number of carboxylic acids is 2. The summed E-state index contributed by atoms with van der Waals surface area (Å²) < 4.78 is 0. The summed E-state index contributed by atoms with van der Waals surface area (Å²) in [6, 6.07) is -12.9. The third-order valence-electron chi connectivity index (χ3n) is 13.2. The number of carbonyl (C=O) groups excluding carboxylic acids is 9. The molecule has 448 valence electrons. The van der Waals surface area contributed by atoms with Crippen molar-refractivity contribution in [1.82, 2.24) is 47.4 Å². The third kappa shape index (κ3) is 24.0. The van der Waals surface area contributed by atoms with Crippen molar-refractivity contribution in [2.75, 3.05) is 26.2 Å². The molecule has 0 unspecified atom stereocenters. The van der Waals surface area contributed by atoms with Crippen LogP contribution in [0.1, 0.15) is 119 Å². The van der Waals surface area contributed by atoms with E-state index in [4.69, 9.17) is 28.7 Å². The molecule has 1 rings (SSSR count). The molecular formula is C48H86N16O15.